The van der Waals surface area contributed by atoms with Gasteiger partial charge < -0.3 is 26.3 Å². The summed E-state index contributed by atoms with van der Waals surface area (Å²) in [6.07, 6.45) is 0. The van der Waals surface area contributed by atoms with E-state index in [2.05, 4.69) is 15.8 Å². The Morgan fingerprint density at radius 3 is 2.45 bits per heavy atom. The Bertz CT molecular complexity index is 477. The lowest BCUT2D eigenvalue weighted by atomic mass is 10.1. The fourth-order valence-electron chi connectivity index (χ4n) is 1.32. The van der Waals surface area contributed by atoms with Crippen molar-refractivity contribution in [3.05, 3.63) is 24.3 Å². The number of nitrogens with zero attached hydrogens (tertiary/aromatic N) is 1. The number of amidine groups is 1. The van der Waals surface area contributed by atoms with E-state index < -0.39 is 0 Å². The third-order valence-corrected chi connectivity index (χ3v) is 2.12. The van der Waals surface area contributed by atoms with Crippen molar-refractivity contribution in [1.82, 2.24) is 5.32 Å². The molecule has 0 heterocycles. The summed E-state index contributed by atoms with van der Waals surface area (Å²) in [4.78, 5) is 11.7. The van der Waals surface area contributed by atoms with Gasteiger partial charge in [-0.25, -0.2) is 4.79 Å². The van der Waals surface area contributed by atoms with E-state index in [1.54, 1.807) is 24.3 Å². The average Bonchev–Trinajstić information content (AvgIpc) is 2.35. The Hall–Kier alpha value is -2.44. The lowest BCUT2D eigenvalue weighted by Crippen LogP contribution is -2.43. The summed E-state index contributed by atoms with van der Waals surface area (Å²) in [5.41, 5.74) is 5.63. The maximum atomic E-state index is 11.7. The van der Waals surface area contributed by atoms with Gasteiger partial charge in [-0.2, -0.15) is 0 Å². The van der Waals surface area contributed by atoms with Crippen LogP contribution in [0.25, 0.3) is 0 Å². The van der Waals surface area contributed by atoms with Crippen molar-refractivity contribution >= 4 is 17.6 Å². The highest BCUT2D eigenvalue weighted by molar-refractivity contribution is 5.89. The number of hydrogen-bond donors (Lipinski definition) is 4. The second kappa shape index (κ2) is 6.65. The molecule has 0 saturated carbocycles. The molecule has 0 atom stereocenters. The summed E-state index contributed by atoms with van der Waals surface area (Å²) >= 11 is 0. The Balaban J connectivity index is 2.52. The Labute approximate surface area is 117 Å². The van der Waals surface area contributed by atoms with Crippen LogP contribution < -0.4 is 21.1 Å². The number of rotatable bonds is 4. The number of amides is 2. The van der Waals surface area contributed by atoms with E-state index >= 15 is 0 Å². The third kappa shape index (κ3) is 5.94. The highest BCUT2D eigenvalue weighted by Gasteiger charge is 2.13. The quantitative estimate of drug-likeness (QED) is 0.291. The molecule has 0 unspecified atom stereocenters. The molecule has 1 aromatic carbocycles. The molecule has 1 rings (SSSR count). The zero-order valence-electron chi connectivity index (χ0n) is 11.8. The van der Waals surface area contributed by atoms with E-state index in [1.807, 2.05) is 20.8 Å². The molecule has 0 aliphatic carbocycles. The number of nitrogens with one attached hydrogen (secondary N) is 2. The lowest BCUT2D eigenvalue weighted by Gasteiger charge is -2.20. The molecule has 0 bridgehead atoms. The predicted octanol–water partition coefficient (Wildman–Crippen LogP) is 1.73. The minimum Gasteiger partial charge on any atom is -0.486 e. The number of ether oxygens (including phenoxy) is 1. The van der Waals surface area contributed by atoms with Gasteiger partial charge in [-0.05, 0) is 45.0 Å². The summed E-state index contributed by atoms with van der Waals surface area (Å²) in [7, 11) is 0. The average molecular weight is 280 g/mol. The SMILES string of the molecule is CC(C)(C)NC(=O)Nc1ccc(OC/C(N)=N/O)cc1. The number of anilines is 1. The number of nitrogens with two attached hydrogens (primary N) is 1. The molecule has 0 radical (unpaired) electrons. The first-order chi connectivity index (χ1) is 9.30. The van der Waals surface area contributed by atoms with Crippen molar-refractivity contribution in [2.75, 3.05) is 11.9 Å². The fourth-order valence-corrected chi connectivity index (χ4v) is 1.32. The molecule has 20 heavy (non-hydrogen) atoms. The maximum absolute atomic E-state index is 11.7. The van der Waals surface area contributed by atoms with Crippen LogP contribution in [0.1, 0.15) is 20.8 Å². The Morgan fingerprint density at radius 2 is 1.95 bits per heavy atom. The second-order valence-electron chi connectivity index (χ2n) is 5.23. The lowest BCUT2D eigenvalue weighted by molar-refractivity contribution is 0.244. The molecule has 0 aromatic heterocycles. The molecule has 0 saturated heterocycles. The highest BCUT2D eigenvalue weighted by atomic mass is 16.5. The summed E-state index contributed by atoms with van der Waals surface area (Å²) in [6, 6.07) is 6.48. The molecule has 1 aromatic rings. The third-order valence-electron chi connectivity index (χ3n) is 2.12. The number of urea groups is 1. The Kier molecular flexibility index (Phi) is 5.19. The van der Waals surface area contributed by atoms with Crippen molar-refractivity contribution in [2.24, 2.45) is 10.9 Å². The first kappa shape index (κ1) is 15.6. The van der Waals surface area contributed by atoms with Crippen LogP contribution in [-0.4, -0.2) is 29.2 Å². The standard InChI is InChI=1S/C13H20N4O3/c1-13(2,3)16-12(18)15-9-4-6-10(7-5-9)20-8-11(14)17-19/h4-7,19H,8H2,1-3H3,(H2,14,17)(H2,15,16,18). The van der Waals surface area contributed by atoms with Crippen LogP contribution in [0, 0.1) is 0 Å². The van der Waals surface area contributed by atoms with Crippen molar-refractivity contribution in [2.45, 2.75) is 26.3 Å². The van der Waals surface area contributed by atoms with E-state index in [9.17, 15) is 4.79 Å². The van der Waals surface area contributed by atoms with Crippen LogP contribution in [0.15, 0.2) is 29.4 Å². The van der Waals surface area contributed by atoms with Gasteiger partial charge in [0.1, 0.15) is 12.4 Å². The van der Waals surface area contributed by atoms with Gasteiger partial charge >= 0.3 is 6.03 Å². The number of benzene rings is 1. The van der Waals surface area contributed by atoms with Gasteiger partial charge in [0.25, 0.3) is 0 Å². The number of hydrogen-bond acceptors (Lipinski definition) is 4. The van der Waals surface area contributed by atoms with Crippen LogP contribution in [0.5, 0.6) is 5.75 Å². The van der Waals surface area contributed by atoms with E-state index in [4.69, 9.17) is 15.7 Å². The normalized spacial score (nSPS) is 11.8. The molecule has 110 valence electrons. The van der Waals surface area contributed by atoms with E-state index in [0.29, 0.717) is 11.4 Å². The topological polar surface area (TPSA) is 109 Å². The van der Waals surface area contributed by atoms with Gasteiger partial charge in [0, 0.05) is 11.2 Å². The minimum atomic E-state index is -0.297. The largest absolute Gasteiger partial charge is 0.486 e. The molecule has 5 N–H and O–H groups in total. The minimum absolute atomic E-state index is 0.00617. The van der Waals surface area contributed by atoms with Crippen LogP contribution in [0.4, 0.5) is 10.5 Å². The van der Waals surface area contributed by atoms with Gasteiger partial charge in [0.15, 0.2) is 5.84 Å². The van der Waals surface area contributed by atoms with Crippen molar-refractivity contribution in [3.8, 4) is 5.75 Å². The summed E-state index contributed by atoms with van der Waals surface area (Å²) in [5, 5.41) is 16.7. The molecule has 7 heteroatoms. The van der Waals surface area contributed by atoms with Gasteiger partial charge in [-0.1, -0.05) is 5.16 Å². The molecule has 0 aliphatic rings. The zero-order valence-corrected chi connectivity index (χ0v) is 11.8. The van der Waals surface area contributed by atoms with Crippen molar-refractivity contribution in [1.29, 1.82) is 0 Å². The van der Waals surface area contributed by atoms with E-state index in [-0.39, 0.29) is 24.0 Å². The summed E-state index contributed by atoms with van der Waals surface area (Å²) in [6.45, 7) is 5.69. The Morgan fingerprint density at radius 1 is 1.35 bits per heavy atom. The maximum Gasteiger partial charge on any atom is 0.319 e. The second-order valence-corrected chi connectivity index (χ2v) is 5.23. The van der Waals surface area contributed by atoms with E-state index in [0.717, 1.165) is 0 Å². The fraction of sp³-hybridized carbons (Fsp3) is 0.385. The zero-order chi connectivity index (χ0) is 15.2. The molecule has 7 nitrogen and oxygen atoms in total. The molecule has 0 spiro atoms. The number of carbonyl (C=O) groups is 1. The summed E-state index contributed by atoms with van der Waals surface area (Å²) in [5.74, 6) is 0.537. The van der Waals surface area contributed by atoms with Crippen LogP contribution in [-0.2, 0) is 0 Å². The van der Waals surface area contributed by atoms with Gasteiger partial charge in [-0.3, -0.25) is 0 Å². The van der Waals surface area contributed by atoms with Crippen LogP contribution in [0.2, 0.25) is 0 Å². The molecule has 2 amide bonds. The van der Waals surface area contributed by atoms with Crippen LogP contribution in [0.3, 0.4) is 0 Å². The summed E-state index contributed by atoms with van der Waals surface area (Å²) < 4.78 is 5.26. The molecule has 0 aliphatic heterocycles. The first-order valence-corrected chi connectivity index (χ1v) is 6.08. The highest BCUT2D eigenvalue weighted by Crippen LogP contribution is 2.15. The van der Waals surface area contributed by atoms with E-state index in [1.165, 1.54) is 0 Å². The number of oxime groups is 1. The predicted molar refractivity (Wildman–Crippen MR) is 77.3 cm³/mol. The van der Waals surface area contributed by atoms with Gasteiger partial charge in [-0.15, -0.1) is 0 Å². The molecular formula is C13H20N4O3. The monoisotopic (exact) mass is 280 g/mol. The van der Waals surface area contributed by atoms with Gasteiger partial charge in [0.05, 0.1) is 0 Å². The molecular weight excluding hydrogens is 260 g/mol. The molecule has 0 fully saturated rings. The number of carbonyl (C=O) groups excluding carboxylic acids is 1. The first-order valence-electron chi connectivity index (χ1n) is 6.08. The smallest absolute Gasteiger partial charge is 0.319 e. The van der Waals surface area contributed by atoms with Crippen LogP contribution >= 0.6 is 0 Å². The van der Waals surface area contributed by atoms with Gasteiger partial charge in [0.2, 0.25) is 0 Å². The van der Waals surface area contributed by atoms with Crippen molar-refractivity contribution in [3.63, 3.8) is 0 Å². The van der Waals surface area contributed by atoms with Crippen molar-refractivity contribution < 1.29 is 14.7 Å².